The van der Waals surface area contributed by atoms with Crippen LogP contribution in [-0.2, 0) is 0 Å². The number of hydrogen-bond acceptors (Lipinski definition) is 6. The first-order valence-corrected chi connectivity index (χ1v) is 7.16. The molecule has 8 nitrogen and oxygen atoms in total. The van der Waals surface area contributed by atoms with Gasteiger partial charge in [0.15, 0.2) is 0 Å². The van der Waals surface area contributed by atoms with Crippen LogP contribution in [0.5, 0.6) is 5.75 Å². The van der Waals surface area contributed by atoms with Gasteiger partial charge in [0.1, 0.15) is 29.2 Å². The van der Waals surface area contributed by atoms with Crippen LogP contribution >= 0.6 is 0 Å². The maximum absolute atomic E-state index is 11.9. The molecule has 0 saturated heterocycles. The molecule has 0 radical (unpaired) electrons. The molecule has 1 amide bonds. The van der Waals surface area contributed by atoms with Crippen LogP contribution in [0.3, 0.4) is 0 Å². The van der Waals surface area contributed by atoms with E-state index < -0.39 is 5.91 Å². The summed E-state index contributed by atoms with van der Waals surface area (Å²) in [6.45, 7) is 3.60. The number of primary amides is 1. The number of anilines is 1. The number of benzene rings is 1. The number of nitrogen functional groups attached to an aromatic ring is 1. The van der Waals surface area contributed by atoms with E-state index in [1.165, 1.54) is 17.2 Å². The Morgan fingerprint density at radius 2 is 2.00 bits per heavy atom. The van der Waals surface area contributed by atoms with Gasteiger partial charge in [0.25, 0.3) is 5.91 Å². The van der Waals surface area contributed by atoms with Crippen LogP contribution in [0.4, 0.5) is 5.82 Å². The molecule has 0 bridgehead atoms. The Hall–Kier alpha value is -3.42. The zero-order valence-corrected chi connectivity index (χ0v) is 13.2. The van der Waals surface area contributed by atoms with E-state index in [-0.39, 0.29) is 22.8 Å². The maximum atomic E-state index is 11.9. The van der Waals surface area contributed by atoms with Crippen LogP contribution in [0.15, 0.2) is 30.7 Å². The Bertz CT molecular complexity index is 933. The monoisotopic (exact) mass is 324 g/mol. The average Bonchev–Trinajstić information content (AvgIpc) is 2.90. The predicted molar refractivity (Wildman–Crippen MR) is 88.7 cm³/mol. The van der Waals surface area contributed by atoms with Gasteiger partial charge in [-0.15, -0.1) is 0 Å². The van der Waals surface area contributed by atoms with Gasteiger partial charge >= 0.3 is 0 Å². The average molecular weight is 324 g/mol. The van der Waals surface area contributed by atoms with Crippen LogP contribution in [0.1, 0.15) is 21.5 Å². The number of aromatic hydroxyl groups is 1. The lowest BCUT2D eigenvalue weighted by Crippen LogP contribution is -2.14. The van der Waals surface area contributed by atoms with Gasteiger partial charge in [0, 0.05) is 11.8 Å². The number of rotatable bonds is 3. The Labute approximate surface area is 137 Å². The Kier molecular flexibility index (Phi) is 3.64. The first-order valence-electron chi connectivity index (χ1n) is 7.16. The van der Waals surface area contributed by atoms with E-state index in [0.29, 0.717) is 16.9 Å². The number of carbonyl (C=O) groups excluding carboxylic acids is 1. The van der Waals surface area contributed by atoms with Gasteiger partial charge in [0.05, 0.1) is 11.4 Å². The molecule has 0 atom stereocenters. The lowest BCUT2D eigenvalue weighted by molar-refractivity contribution is 0.100. The molecule has 1 aromatic carbocycles. The third kappa shape index (κ3) is 2.34. The van der Waals surface area contributed by atoms with Crippen LogP contribution in [0.2, 0.25) is 0 Å². The van der Waals surface area contributed by atoms with Gasteiger partial charge in [-0.2, -0.15) is 5.10 Å². The largest absolute Gasteiger partial charge is 0.508 e. The summed E-state index contributed by atoms with van der Waals surface area (Å²) in [7, 11) is 0. The van der Waals surface area contributed by atoms with Crippen molar-refractivity contribution in [3.8, 4) is 22.8 Å². The molecule has 8 heteroatoms. The highest BCUT2D eigenvalue weighted by Crippen LogP contribution is 2.32. The molecule has 0 unspecified atom stereocenters. The van der Waals surface area contributed by atoms with Crippen LogP contribution in [0, 0.1) is 13.8 Å². The summed E-state index contributed by atoms with van der Waals surface area (Å²) in [6.07, 6.45) is 2.88. The highest BCUT2D eigenvalue weighted by atomic mass is 16.3. The van der Waals surface area contributed by atoms with Crippen LogP contribution in [-0.4, -0.2) is 30.8 Å². The lowest BCUT2D eigenvalue weighted by Gasteiger charge is -2.12. The summed E-state index contributed by atoms with van der Waals surface area (Å²) in [5, 5.41) is 14.4. The zero-order chi connectivity index (χ0) is 17.4. The summed E-state index contributed by atoms with van der Waals surface area (Å²) in [5.41, 5.74) is 14.4. The van der Waals surface area contributed by atoms with Crippen molar-refractivity contribution in [1.29, 1.82) is 0 Å². The number of phenols is 1. The number of aromatic nitrogens is 4. The van der Waals surface area contributed by atoms with E-state index >= 15 is 0 Å². The van der Waals surface area contributed by atoms with E-state index in [1.54, 1.807) is 25.1 Å². The molecule has 0 aliphatic heterocycles. The summed E-state index contributed by atoms with van der Waals surface area (Å²) >= 11 is 0. The minimum Gasteiger partial charge on any atom is -0.508 e. The fraction of sp³-hybridized carbons (Fsp3) is 0.125. The molecule has 2 aromatic heterocycles. The third-order valence-corrected chi connectivity index (χ3v) is 3.81. The first-order chi connectivity index (χ1) is 11.4. The third-order valence-electron chi connectivity index (χ3n) is 3.81. The maximum Gasteiger partial charge on any atom is 0.254 e. The van der Waals surface area contributed by atoms with Gasteiger partial charge in [-0.25, -0.2) is 14.6 Å². The van der Waals surface area contributed by atoms with E-state index in [1.807, 2.05) is 6.92 Å². The number of nitrogens with two attached hydrogens (primary N) is 2. The Morgan fingerprint density at radius 1 is 1.25 bits per heavy atom. The summed E-state index contributed by atoms with van der Waals surface area (Å²) in [5.74, 6) is -0.509. The number of hydrogen-bond donors (Lipinski definition) is 3. The van der Waals surface area contributed by atoms with Gasteiger partial charge in [-0.1, -0.05) is 6.07 Å². The van der Waals surface area contributed by atoms with Gasteiger partial charge < -0.3 is 16.6 Å². The smallest absolute Gasteiger partial charge is 0.254 e. The van der Waals surface area contributed by atoms with Crippen molar-refractivity contribution < 1.29 is 9.90 Å². The SMILES string of the molecule is Cc1ccc(O)c(C)c1-n1nc(-c2ccncn2)c(C(N)=O)c1N. The number of carbonyl (C=O) groups is 1. The molecule has 3 rings (SSSR count). The quantitative estimate of drug-likeness (QED) is 0.665. The lowest BCUT2D eigenvalue weighted by atomic mass is 10.1. The van der Waals surface area contributed by atoms with E-state index in [0.717, 1.165) is 5.56 Å². The normalized spacial score (nSPS) is 10.8. The molecular formula is C16H16N6O2. The standard InChI is InChI=1S/C16H16N6O2/c1-8-3-4-11(23)9(2)14(8)22-15(17)12(16(18)24)13(21-22)10-5-6-19-7-20-10/h3-7,23H,17H2,1-2H3,(H2,18,24). The van der Waals surface area contributed by atoms with Crippen molar-refractivity contribution in [3.05, 3.63) is 47.4 Å². The van der Waals surface area contributed by atoms with Gasteiger partial charge in [0.2, 0.25) is 0 Å². The molecule has 0 aliphatic carbocycles. The Balaban J connectivity index is 2.33. The van der Waals surface area contributed by atoms with E-state index in [9.17, 15) is 9.90 Å². The predicted octanol–water partition coefficient (Wildman–Crippen LogP) is 1.33. The molecule has 3 aromatic rings. The first kappa shape index (κ1) is 15.5. The van der Waals surface area contributed by atoms with E-state index in [4.69, 9.17) is 11.5 Å². The minimum atomic E-state index is -0.706. The van der Waals surface area contributed by atoms with E-state index in [2.05, 4.69) is 15.1 Å². The molecule has 2 heterocycles. The number of amides is 1. The fourth-order valence-corrected chi connectivity index (χ4v) is 2.61. The second kappa shape index (κ2) is 5.65. The summed E-state index contributed by atoms with van der Waals surface area (Å²) in [6, 6.07) is 4.95. The van der Waals surface area contributed by atoms with Crippen molar-refractivity contribution >= 4 is 11.7 Å². The van der Waals surface area contributed by atoms with Crippen molar-refractivity contribution in [1.82, 2.24) is 19.7 Å². The topological polar surface area (TPSA) is 133 Å². The number of nitrogens with zero attached hydrogens (tertiary/aromatic N) is 4. The summed E-state index contributed by atoms with van der Waals surface area (Å²) in [4.78, 5) is 19.8. The highest BCUT2D eigenvalue weighted by molar-refractivity contribution is 6.03. The van der Waals surface area contributed by atoms with Crippen LogP contribution in [0.25, 0.3) is 17.1 Å². The highest BCUT2D eigenvalue weighted by Gasteiger charge is 2.24. The van der Waals surface area contributed by atoms with Crippen molar-refractivity contribution in [3.63, 3.8) is 0 Å². The number of aryl methyl sites for hydroxylation is 1. The van der Waals surface area contributed by atoms with Crippen molar-refractivity contribution in [2.24, 2.45) is 5.73 Å². The second-order valence-electron chi connectivity index (χ2n) is 5.35. The molecule has 122 valence electrons. The molecule has 0 aliphatic rings. The minimum absolute atomic E-state index is 0.0795. The van der Waals surface area contributed by atoms with Crippen molar-refractivity contribution in [2.45, 2.75) is 13.8 Å². The molecule has 0 fully saturated rings. The summed E-state index contributed by atoms with van der Waals surface area (Å²) < 4.78 is 1.40. The molecule has 0 saturated carbocycles. The molecular weight excluding hydrogens is 308 g/mol. The number of phenolic OH excluding ortho intramolecular Hbond substituents is 1. The molecule has 24 heavy (non-hydrogen) atoms. The molecule has 5 N–H and O–H groups in total. The van der Waals surface area contributed by atoms with Crippen LogP contribution < -0.4 is 11.5 Å². The fourth-order valence-electron chi connectivity index (χ4n) is 2.61. The molecule has 0 spiro atoms. The second-order valence-corrected chi connectivity index (χ2v) is 5.35. The van der Waals surface area contributed by atoms with Crippen molar-refractivity contribution in [2.75, 3.05) is 5.73 Å². The van der Waals surface area contributed by atoms with Gasteiger partial charge in [-0.3, -0.25) is 4.79 Å². The van der Waals surface area contributed by atoms with Gasteiger partial charge in [-0.05, 0) is 31.5 Å². The Morgan fingerprint density at radius 3 is 2.62 bits per heavy atom. The zero-order valence-electron chi connectivity index (χ0n) is 13.2.